The molecule has 0 bridgehead atoms. The quantitative estimate of drug-likeness (QED) is 0.891. The number of nitrogens with zero attached hydrogens (tertiary/aromatic N) is 1. The second-order valence-corrected chi connectivity index (χ2v) is 7.73. The Kier molecular flexibility index (Phi) is 5.56. The molecule has 0 saturated carbocycles. The van der Waals surface area contributed by atoms with Gasteiger partial charge in [0.25, 0.3) is 0 Å². The maximum Gasteiger partial charge on any atom is 0.0410 e. The van der Waals surface area contributed by atoms with Crippen LogP contribution in [0, 0.1) is 11.3 Å². The van der Waals surface area contributed by atoms with Gasteiger partial charge in [-0.05, 0) is 67.3 Å². The van der Waals surface area contributed by atoms with E-state index in [1.807, 2.05) is 6.07 Å². The van der Waals surface area contributed by atoms with Crippen LogP contribution in [-0.4, -0.2) is 19.6 Å². The first kappa shape index (κ1) is 16.6. The largest absolute Gasteiger partial charge is 0.371 e. The van der Waals surface area contributed by atoms with E-state index in [0.29, 0.717) is 12.0 Å². The Bertz CT molecular complexity index is 465. The minimum absolute atomic E-state index is 0.413. The molecule has 1 aliphatic heterocycles. The molecule has 1 aromatic carbocycles. The van der Waals surface area contributed by atoms with E-state index < -0.39 is 0 Å². The van der Waals surface area contributed by atoms with Crippen molar-refractivity contribution >= 4 is 17.3 Å². The molecule has 1 heterocycles. The molecule has 21 heavy (non-hydrogen) atoms. The van der Waals surface area contributed by atoms with Gasteiger partial charge < -0.3 is 10.6 Å². The van der Waals surface area contributed by atoms with Crippen LogP contribution in [0.15, 0.2) is 18.2 Å². The molecule has 2 N–H and O–H groups in total. The van der Waals surface area contributed by atoms with Gasteiger partial charge in [-0.15, -0.1) is 0 Å². The standard InChI is InChI=1S/C18H29ClN2/c1-18(2,3)15-5-4-11-21(12-9-15)17-7-6-16(19)13-14(17)8-10-20/h6-7,13,15H,4-5,8-12,20H2,1-3H3. The van der Waals surface area contributed by atoms with Gasteiger partial charge in [-0.2, -0.15) is 0 Å². The normalized spacial score (nSPS) is 20.4. The third-order valence-corrected chi connectivity index (χ3v) is 4.98. The zero-order chi connectivity index (χ0) is 15.5. The molecule has 1 saturated heterocycles. The Morgan fingerprint density at radius 3 is 2.67 bits per heavy atom. The summed E-state index contributed by atoms with van der Waals surface area (Å²) in [6.07, 6.45) is 4.77. The van der Waals surface area contributed by atoms with Gasteiger partial charge in [0.1, 0.15) is 0 Å². The van der Waals surface area contributed by atoms with Gasteiger partial charge >= 0.3 is 0 Å². The highest BCUT2D eigenvalue weighted by molar-refractivity contribution is 6.30. The molecule has 1 aromatic rings. The molecule has 3 heteroatoms. The lowest BCUT2D eigenvalue weighted by Gasteiger charge is -2.30. The Morgan fingerprint density at radius 1 is 1.24 bits per heavy atom. The second kappa shape index (κ2) is 7.02. The van der Waals surface area contributed by atoms with Crippen molar-refractivity contribution in [3.8, 4) is 0 Å². The fraction of sp³-hybridized carbons (Fsp3) is 0.667. The SMILES string of the molecule is CC(C)(C)C1CCCN(c2ccc(Cl)cc2CCN)CC1. The molecule has 1 unspecified atom stereocenters. The monoisotopic (exact) mass is 308 g/mol. The summed E-state index contributed by atoms with van der Waals surface area (Å²) in [6, 6.07) is 6.25. The van der Waals surface area contributed by atoms with Crippen molar-refractivity contribution in [2.75, 3.05) is 24.5 Å². The number of hydrogen-bond acceptors (Lipinski definition) is 2. The van der Waals surface area contributed by atoms with E-state index in [0.717, 1.165) is 30.5 Å². The number of benzene rings is 1. The molecule has 1 fully saturated rings. The molecule has 2 rings (SSSR count). The molecule has 0 radical (unpaired) electrons. The molecule has 2 nitrogen and oxygen atoms in total. The fourth-order valence-corrected chi connectivity index (χ4v) is 3.62. The van der Waals surface area contributed by atoms with Crippen LogP contribution >= 0.6 is 11.6 Å². The first-order valence-corrected chi connectivity index (χ1v) is 8.53. The van der Waals surface area contributed by atoms with Crippen LogP contribution in [0.3, 0.4) is 0 Å². The Balaban J connectivity index is 2.15. The van der Waals surface area contributed by atoms with Gasteiger partial charge in [-0.3, -0.25) is 0 Å². The Hall–Kier alpha value is -0.730. The lowest BCUT2D eigenvalue weighted by atomic mass is 9.77. The molecule has 0 spiro atoms. The van der Waals surface area contributed by atoms with E-state index >= 15 is 0 Å². The van der Waals surface area contributed by atoms with Crippen molar-refractivity contribution in [2.24, 2.45) is 17.1 Å². The van der Waals surface area contributed by atoms with Crippen molar-refractivity contribution in [1.82, 2.24) is 0 Å². The summed E-state index contributed by atoms with van der Waals surface area (Å²) in [4.78, 5) is 2.53. The average Bonchev–Trinajstić information content (AvgIpc) is 2.64. The van der Waals surface area contributed by atoms with Crippen LogP contribution in [-0.2, 0) is 6.42 Å². The minimum atomic E-state index is 0.413. The molecular weight excluding hydrogens is 280 g/mol. The first-order valence-electron chi connectivity index (χ1n) is 8.15. The number of anilines is 1. The zero-order valence-corrected chi connectivity index (χ0v) is 14.4. The third kappa shape index (κ3) is 4.37. The highest BCUT2D eigenvalue weighted by Gasteiger charge is 2.27. The van der Waals surface area contributed by atoms with Crippen LogP contribution in [0.4, 0.5) is 5.69 Å². The second-order valence-electron chi connectivity index (χ2n) is 7.29. The lowest BCUT2D eigenvalue weighted by molar-refractivity contribution is 0.220. The lowest BCUT2D eigenvalue weighted by Crippen LogP contribution is -2.27. The molecule has 118 valence electrons. The van der Waals surface area contributed by atoms with Crippen LogP contribution in [0.5, 0.6) is 0 Å². The predicted octanol–water partition coefficient (Wildman–Crippen LogP) is 4.49. The van der Waals surface area contributed by atoms with E-state index in [1.165, 1.54) is 30.5 Å². The summed E-state index contributed by atoms with van der Waals surface area (Å²) in [7, 11) is 0. The van der Waals surface area contributed by atoms with E-state index in [-0.39, 0.29) is 0 Å². The van der Waals surface area contributed by atoms with E-state index in [2.05, 4.69) is 37.8 Å². The summed E-state index contributed by atoms with van der Waals surface area (Å²) in [5.41, 5.74) is 8.79. The van der Waals surface area contributed by atoms with Crippen LogP contribution in [0.25, 0.3) is 0 Å². The molecule has 0 aliphatic carbocycles. The fourth-order valence-electron chi connectivity index (χ4n) is 3.42. The highest BCUT2D eigenvalue weighted by Crippen LogP contribution is 2.36. The van der Waals surface area contributed by atoms with E-state index in [9.17, 15) is 0 Å². The molecule has 0 amide bonds. The number of nitrogens with two attached hydrogens (primary N) is 1. The van der Waals surface area contributed by atoms with Gasteiger partial charge in [-0.25, -0.2) is 0 Å². The number of halogens is 1. The zero-order valence-electron chi connectivity index (χ0n) is 13.7. The summed E-state index contributed by atoms with van der Waals surface area (Å²) in [5.74, 6) is 0.813. The third-order valence-electron chi connectivity index (χ3n) is 4.75. The Labute approximate surface area is 134 Å². The highest BCUT2D eigenvalue weighted by atomic mass is 35.5. The minimum Gasteiger partial charge on any atom is -0.371 e. The van der Waals surface area contributed by atoms with Crippen molar-refractivity contribution in [1.29, 1.82) is 0 Å². The van der Waals surface area contributed by atoms with Gasteiger partial charge in [0.05, 0.1) is 0 Å². The predicted molar refractivity (Wildman–Crippen MR) is 93.2 cm³/mol. The van der Waals surface area contributed by atoms with Gasteiger partial charge in [0, 0.05) is 23.8 Å². The number of rotatable bonds is 3. The summed E-state index contributed by atoms with van der Waals surface area (Å²) >= 11 is 6.15. The molecule has 1 aliphatic rings. The van der Waals surface area contributed by atoms with E-state index in [4.69, 9.17) is 17.3 Å². The Morgan fingerprint density at radius 2 is 2.00 bits per heavy atom. The first-order chi connectivity index (χ1) is 9.91. The van der Waals surface area contributed by atoms with Crippen LogP contribution in [0.1, 0.15) is 45.6 Å². The maximum absolute atomic E-state index is 6.15. The van der Waals surface area contributed by atoms with Gasteiger partial charge in [-0.1, -0.05) is 32.4 Å². The van der Waals surface area contributed by atoms with Crippen molar-refractivity contribution in [3.05, 3.63) is 28.8 Å². The van der Waals surface area contributed by atoms with Crippen molar-refractivity contribution < 1.29 is 0 Å². The molecule has 1 atom stereocenters. The van der Waals surface area contributed by atoms with Crippen molar-refractivity contribution in [2.45, 2.75) is 46.5 Å². The number of hydrogen-bond donors (Lipinski definition) is 1. The molecular formula is C18H29ClN2. The van der Waals surface area contributed by atoms with Crippen LogP contribution < -0.4 is 10.6 Å². The van der Waals surface area contributed by atoms with Gasteiger partial charge in [0.15, 0.2) is 0 Å². The maximum atomic E-state index is 6.15. The van der Waals surface area contributed by atoms with Crippen molar-refractivity contribution in [3.63, 3.8) is 0 Å². The van der Waals surface area contributed by atoms with Gasteiger partial charge in [0.2, 0.25) is 0 Å². The molecule has 0 aromatic heterocycles. The average molecular weight is 309 g/mol. The summed E-state index contributed by atoms with van der Waals surface area (Å²) < 4.78 is 0. The summed E-state index contributed by atoms with van der Waals surface area (Å²) in [6.45, 7) is 10.1. The van der Waals surface area contributed by atoms with E-state index in [1.54, 1.807) is 0 Å². The smallest absolute Gasteiger partial charge is 0.0410 e. The topological polar surface area (TPSA) is 29.3 Å². The summed E-state index contributed by atoms with van der Waals surface area (Å²) in [5, 5.41) is 0.810. The van der Waals surface area contributed by atoms with Crippen LogP contribution in [0.2, 0.25) is 5.02 Å².